The third kappa shape index (κ3) is 12.4. The number of amides is 2. The zero-order chi connectivity index (χ0) is 27.6. The summed E-state index contributed by atoms with van der Waals surface area (Å²) in [4.78, 5) is 36.6. The minimum Gasteiger partial charge on any atom is -0.497 e. The molecule has 0 unspecified atom stereocenters. The van der Waals surface area contributed by atoms with E-state index in [1.165, 1.54) is 44.7 Å². The summed E-state index contributed by atoms with van der Waals surface area (Å²) in [6.07, 6.45) is 12.4. The van der Waals surface area contributed by atoms with Gasteiger partial charge in [-0.1, -0.05) is 74.2 Å². The molecule has 0 fully saturated rings. The molecule has 0 radical (unpaired) electrons. The van der Waals surface area contributed by atoms with Gasteiger partial charge < -0.3 is 14.8 Å². The summed E-state index contributed by atoms with van der Waals surface area (Å²) in [5, 5.41) is 6.56. The van der Waals surface area contributed by atoms with Gasteiger partial charge >= 0.3 is 5.97 Å². The zero-order valence-electron chi connectivity index (χ0n) is 22.3. The lowest BCUT2D eigenvalue weighted by Gasteiger charge is -2.09. The standard InChI is InChI=1S/C29H38BrN3O5/c1-3-4-5-6-7-8-9-10-11-12-27(34)31-21-28(35)33-32-20-23-19-24(30)15-18-26(23)38-29(36)22-13-16-25(37-2)17-14-22/h13-20H,3-12,21H2,1-2H3,(H,31,34)(H,33,35)/b32-20+. The molecule has 2 aromatic carbocycles. The van der Waals surface area contributed by atoms with Gasteiger partial charge in [0.15, 0.2) is 0 Å². The quantitative estimate of drug-likeness (QED) is 0.0757. The SMILES string of the molecule is CCCCCCCCCCCC(=O)NCC(=O)N/N=C/c1cc(Br)ccc1OC(=O)c1ccc(OC)cc1. The van der Waals surface area contributed by atoms with Gasteiger partial charge in [0, 0.05) is 16.5 Å². The van der Waals surface area contributed by atoms with Crippen LogP contribution in [0, 0.1) is 0 Å². The molecular formula is C29H38BrN3O5. The molecule has 0 aromatic heterocycles. The number of ether oxygens (including phenoxy) is 2. The molecule has 0 aliphatic rings. The Morgan fingerprint density at radius 1 is 0.895 bits per heavy atom. The Balaban J connectivity index is 1.72. The van der Waals surface area contributed by atoms with Crippen LogP contribution in [0.3, 0.4) is 0 Å². The second-order valence-electron chi connectivity index (χ2n) is 8.95. The fourth-order valence-electron chi connectivity index (χ4n) is 3.68. The van der Waals surface area contributed by atoms with E-state index in [1.54, 1.807) is 49.6 Å². The van der Waals surface area contributed by atoms with Crippen molar-refractivity contribution < 1.29 is 23.9 Å². The van der Waals surface area contributed by atoms with Gasteiger partial charge in [0.05, 0.1) is 25.4 Å². The molecule has 0 aliphatic carbocycles. The number of hydrogen-bond donors (Lipinski definition) is 2. The van der Waals surface area contributed by atoms with E-state index in [4.69, 9.17) is 9.47 Å². The van der Waals surface area contributed by atoms with E-state index < -0.39 is 11.9 Å². The molecule has 2 aromatic rings. The van der Waals surface area contributed by atoms with Crippen molar-refractivity contribution in [1.82, 2.24) is 10.7 Å². The first-order chi connectivity index (χ1) is 18.4. The van der Waals surface area contributed by atoms with Crippen molar-refractivity contribution in [2.24, 2.45) is 5.10 Å². The van der Waals surface area contributed by atoms with E-state index in [-0.39, 0.29) is 18.2 Å². The maximum Gasteiger partial charge on any atom is 0.343 e. The van der Waals surface area contributed by atoms with Crippen molar-refractivity contribution in [1.29, 1.82) is 0 Å². The number of methoxy groups -OCH3 is 1. The molecule has 2 amide bonds. The molecule has 8 nitrogen and oxygen atoms in total. The molecule has 206 valence electrons. The number of carbonyl (C=O) groups excluding carboxylic acids is 3. The van der Waals surface area contributed by atoms with Crippen molar-refractivity contribution in [2.75, 3.05) is 13.7 Å². The van der Waals surface area contributed by atoms with Crippen LogP contribution in [0.25, 0.3) is 0 Å². The third-order valence-electron chi connectivity index (χ3n) is 5.85. The van der Waals surface area contributed by atoms with Crippen molar-refractivity contribution in [2.45, 2.75) is 71.1 Å². The number of carbonyl (C=O) groups is 3. The monoisotopic (exact) mass is 587 g/mol. The normalized spacial score (nSPS) is 10.8. The zero-order valence-corrected chi connectivity index (χ0v) is 23.8. The topological polar surface area (TPSA) is 106 Å². The third-order valence-corrected chi connectivity index (χ3v) is 6.34. The Hall–Kier alpha value is -3.20. The van der Waals surface area contributed by atoms with Gasteiger partial charge in [0.1, 0.15) is 11.5 Å². The van der Waals surface area contributed by atoms with E-state index in [9.17, 15) is 14.4 Å². The van der Waals surface area contributed by atoms with Crippen LogP contribution in [-0.4, -0.2) is 37.7 Å². The average molecular weight is 589 g/mol. The highest BCUT2D eigenvalue weighted by atomic mass is 79.9. The molecule has 0 spiro atoms. The Labute approximate surface area is 233 Å². The number of halogens is 1. The maximum atomic E-state index is 12.5. The first-order valence-corrected chi connectivity index (χ1v) is 14.0. The highest BCUT2D eigenvalue weighted by molar-refractivity contribution is 9.10. The molecule has 2 N–H and O–H groups in total. The molecule has 0 bridgehead atoms. The lowest BCUT2D eigenvalue weighted by Crippen LogP contribution is -2.34. The molecule has 9 heteroatoms. The van der Waals surface area contributed by atoms with Gasteiger partial charge in [-0.2, -0.15) is 5.10 Å². The Bertz CT molecular complexity index is 1060. The second kappa shape index (κ2) is 18.1. The Morgan fingerprint density at radius 2 is 1.55 bits per heavy atom. The van der Waals surface area contributed by atoms with E-state index in [2.05, 4.69) is 38.7 Å². The summed E-state index contributed by atoms with van der Waals surface area (Å²) in [6.45, 7) is 2.05. The van der Waals surface area contributed by atoms with Crippen LogP contribution in [0.5, 0.6) is 11.5 Å². The number of rotatable bonds is 17. The van der Waals surface area contributed by atoms with E-state index in [0.29, 0.717) is 23.3 Å². The fraction of sp³-hybridized carbons (Fsp3) is 0.448. The minimum atomic E-state index is -0.539. The number of esters is 1. The second-order valence-corrected chi connectivity index (χ2v) is 9.86. The Morgan fingerprint density at radius 3 is 2.21 bits per heavy atom. The number of nitrogens with zero attached hydrogens (tertiary/aromatic N) is 1. The predicted octanol–water partition coefficient (Wildman–Crippen LogP) is 6.16. The Kier molecular flexibility index (Phi) is 14.8. The summed E-state index contributed by atoms with van der Waals surface area (Å²) in [5.41, 5.74) is 3.23. The van der Waals surface area contributed by atoms with Crippen LogP contribution < -0.4 is 20.2 Å². The molecule has 0 saturated heterocycles. The summed E-state index contributed by atoms with van der Waals surface area (Å²) >= 11 is 3.38. The molecule has 0 atom stereocenters. The largest absolute Gasteiger partial charge is 0.497 e. The van der Waals surface area contributed by atoms with Crippen LogP contribution in [0.1, 0.15) is 87.1 Å². The number of hydrazone groups is 1. The number of nitrogens with one attached hydrogen (secondary N) is 2. The number of benzene rings is 2. The van der Waals surface area contributed by atoms with E-state index in [0.717, 1.165) is 23.7 Å². The molecule has 0 aliphatic heterocycles. The van der Waals surface area contributed by atoms with Crippen molar-refractivity contribution >= 4 is 39.9 Å². The number of hydrogen-bond acceptors (Lipinski definition) is 6. The summed E-state index contributed by atoms with van der Waals surface area (Å²) in [6, 6.07) is 11.6. The van der Waals surface area contributed by atoms with Crippen LogP contribution in [0.4, 0.5) is 0 Å². The summed E-state index contributed by atoms with van der Waals surface area (Å²) in [7, 11) is 1.55. The van der Waals surface area contributed by atoms with Crippen molar-refractivity contribution in [3.63, 3.8) is 0 Å². The first kappa shape index (κ1) is 31.0. The summed E-state index contributed by atoms with van der Waals surface area (Å²) in [5.74, 6) is -0.224. The minimum absolute atomic E-state index is 0.146. The van der Waals surface area contributed by atoms with Crippen LogP contribution in [-0.2, 0) is 9.59 Å². The highest BCUT2D eigenvalue weighted by Crippen LogP contribution is 2.23. The van der Waals surface area contributed by atoms with E-state index in [1.807, 2.05) is 0 Å². The lowest BCUT2D eigenvalue weighted by molar-refractivity contribution is -0.126. The molecular weight excluding hydrogens is 550 g/mol. The maximum absolute atomic E-state index is 12.5. The van der Waals surface area contributed by atoms with Crippen LogP contribution in [0.2, 0.25) is 0 Å². The van der Waals surface area contributed by atoms with Crippen molar-refractivity contribution in [3.8, 4) is 11.5 Å². The first-order valence-electron chi connectivity index (χ1n) is 13.2. The van der Waals surface area contributed by atoms with Gasteiger partial charge in [-0.3, -0.25) is 9.59 Å². The van der Waals surface area contributed by atoms with Gasteiger partial charge in [-0.25, -0.2) is 10.2 Å². The molecule has 0 saturated carbocycles. The lowest BCUT2D eigenvalue weighted by atomic mass is 10.1. The summed E-state index contributed by atoms with van der Waals surface area (Å²) < 4.78 is 11.4. The molecule has 2 rings (SSSR count). The van der Waals surface area contributed by atoms with Gasteiger partial charge in [0.2, 0.25) is 5.91 Å². The van der Waals surface area contributed by atoms with E-state index >= 15 is 0 Å². The predicted molar refractivity (Wildman–Crippen MR) is 153 cm³/mol. The van der Waals surface area contributed by atoms with Gasteiger partial charge in [-0.15, -0.1) is 0 Å². The number of unbranched alkanes of at least 4 members (excludes halogenated alkanes) is 8. The molecule has 38 heavy (non-hydrogen) atoms. The van der Waals surface area contributed by atoms with Crippen LogP contribution >= 0.6 is 15.9 Å². The van der Waals surface area contributed by atoms with Gasteiger partial charge in [0.25, 0.3) is 5.91 Å². The average Bonchev–Trinajstić information content (AvgIpc) is 2.92. The molecule has 0 heterocycles. The van der Waals surface area contributed by atoms with Gasteiger partial charge in [-0.05, 0) is 48.9 Å². The highest BCUT2D eigenvalue weighted by Gasteiger charge is 2.12. The fourth-order valence-corrected chi connectivity index (χ4v) is 4.05. The smallest absolute Gasteiger partial charge is 0.343 e. The van der Waals surface area contributed by atoms with Crippen LogP contribution in [0.15, 0.2) is 52.0 Å². The van der Waals surface area contributed by atoms with Crippen molar-refractivity contribution in [3.05, 3.63) is 58.1 Å².